The Kier molecular flexibility index (Phi) is 5.30. The molecular weight excluding hydrogens is 364 g/mol. The Morgan fingerprint density at radius 2 is 1.17 bits per heavy atom. The van der Waals surface area contributed by atoms with E-state index in [2.05, 4.69) is 64.1 Å². The summed E-state index contributed by atoms with van der Waals surface area (Å²) in [6.07, 6.45) is -0.189. The highest BCUT2D eigenvalue weighted by atomic mass is 16.6. The molecule has 29 heavy (non-hydrogen) atoms. The number of nitrogens with two attached hydrogens (primary N) is 2. The van der Waals surface area contributed by atoms with Crippen molar-refractivity contribution in [3.8, 4) is 0 Å². The fourth-order valence-electron chi connectivity index (χ4n) is 4.50. The van der Waals surface area contributed by atoms with Crippen LogP contribution in [0.5, 0.6) is 0 Å². The highest BCUT2D eigenvalue weighted by Crippen LogP contribution is 2.48. The van der Waals surface area contributed by atoms with Gasteiger partial charge < -0.3 is 25.7 Å². The second kappa shape index (κ2) is 7.49. The molecule has 0 aromatic heterocycles. The van der Waals surface area contributed by atoms with E-state index in [1.165, 1.54) is 11.1 Å². The quantitative estimate of drug-likeness (QED) is 0.670. The van der Waals surface area contributed by atoms with Gasteiger partial charge in [-0.25, -0.2) is 0 Å². The van der Waals surface area contributed by atoms with Crippen molar-refractivity contribution < 1.29 is 14.2 Å². The SMILES string of the molecule is Cc1ccc(C)c(C(CN)(OC(CN)(c2cc(C)ccc2C)C2CO2)C2CO2)c1. The van der Waals surface area contributed by atoms with Crippen molar-refractivity contribution in [1.29, 1.82) is 0 Å². The Hall–Kier alpha value is -1.76. The first kappa shape index (κ1) is 20.5. The summed E-state index contributed by atoms with van der Waals surface area (Å²) in [6.45, 7) is 10.2. The molecule has 0 amide bonds. The maximum absolute atomic E-state index is 7.12. The lowest BCUT2D eigenvalue weighted by molar-refractivity contribution is -0.180. The third kappa shape index (κ3) is 3.51. The van der Waals surface area contributed by atoms with E-state index >= 15 is 0 Å². The maximum atomic E-state index is 7.12. The second-order valence-corrected chi connectivity index (χ2v) is 8.57. The third-order valence-electron chi connectivity index (χ3n) is 6.38. The van der Waals surface area contributed by atoms with E-state index in [4.69, 9.17) is 25.7 Å². The number of aryl methyl sites for hydroxylation is 4. The van der Waals surface area contributed by atoms with Crippen molar-refractivity contribution >= 4 is 0 Å². The van der Waals surface area contributed by atoms with E-state index in [9.17, 15) is 0 Å². The summed E-state index contributed by atoms with van der Waals surface area (Å²) in [5.74, 6) is 0. The van der Waals surface area contributed by atoms with E-state index in [1.54, 1.807) is 0 Å². The Morgan fingerprint density at radius 1 is 0.793 bits per heavy atom. The third-order valence-corrected chi connectivity index (χ3v) is 6.38. The van der Waals surface area contributed by atoms with Crippen molar-refractivity contribution in [2.45, 2.75) is 51.1 Å². The maximum Gasteiger partial charge on any atom is 0.135 e. The van der Waals surface area contributed by atoms with Gasteiger partial charge in [-0.05, 0) is 49.9 Å². The fourth-order valence-corrected chi connectivity index (χ4v) is 4.50. The van der Waals surface area contributed by atoms with Crippen LogP contribution in [0.15, 0.2) is 36.4 Å². The van der Waals surface area contributed by atoms with Crippen molar-refractivity contribution in [2.75, 3.05) is 26.3 Å². The monoisotopic (exact) mass is 396 g/mol. The predicted molar refractivity (Wildman–Crippen MR) is 114 cm³/mol. The van der Waals surface area contributed by atoms with Crippen molar-refractivity contribution in [3.63, 3.8) is 0 Å². The minimum atomic E-state index is -0.780. The average molecular weight is 397 g/mol. The van der Waals surface area contributed by atoms with Crippen LogP contribution in [0.2, 0.25) is 0 Å². The molecule has 2 saturated heterocycles. The second-order valence-electron chi connectivity index (χ2n) is 8.57. The summed E-state index contributed by atoms with van der Waals surface area (Å²) in [5.41, 5.74) is 18.1. The number of benzene rings is 2. The van der Waals surface area contributed by atoms with Gasteiger partial charge in [-0.1, -0.05) is 47.5 Å². The van der Waals surface area contributed by atoms with Crippen molar-refractivity contribution in [3.05, 3.63) is 69.8 Å². The molecule has 156 valence electrons. The van der Waals surface area contributed by atoms with Crippen LogP contribution in [0.25, 0.3) is 0 Å². The van der Waals surface area contributed by atoms with Crippen molar-refractivity contribution in [1.82, 2.24) is 0 Å². The Balaban J connectivity index is 1.89. The molecule has 0 saturated carbocycles. The van der Waals surface area contributed by atoms with Crippen LogP contribution >= 0.6 is 0 Å². The summed E-state index contributed by atoms with van der Waals surface area (Å²) in [4.78, 5) is 0. The van der Waals surface area contributed by atoms with Gasteiger partial charge in [-0.2, -0.15) is 0 Å². The van der Waals surface area contributed by atoms with Gasteiger partial charge in [0, 0.05) is 13.1 Å². The molecule has 0 bridgehead atoms. The van der Waals surface area contributed by atoms with Gasteiger partial charge in [0.25, 0.3) is 0 Å². The lowest BCUT2D eigenvalue weighted by Crippen LogP contribution is -2.55. The molecular formula is C24H32N2O3. The van der Waals surface area contributed by atoms with Gasteiger partial charge in [0.15, 0.2) is 0 Å². The van der Waals surface area contributed by atoms with Gasteiger partial charge in [0.2, 0.25) is 0 Å². The number of ether oxygens (including phenoxy) is 3. The molecule has 5 heteroatoms. The molecule has 4 atom stereocenters. The molecule has 2 aliphatic rings. The Morgan fingerprint density at radius 3 is 1.48 bits per heavy atom. The molecule has 2 heterocycles. The molecule has 5 nitrogen and oxygen atoms in total. The molecule has 4 unspecified atom stereocenters. The average Bonchev–Trinajstić information content (AvgIpc) is 3.60. The summed E-state index contributed by atoms with van der Waals surface area (Å²) in [7, 11) is 0. The smallest absolute Gasteiger partial charge is 0.135 e. The zero-order chi connectivity index (χ0) is 20.8. The first-order valence-electron chi connectivity index (χ1n) is 10.4. The standard InChI is InChI=1S/C24H32N2O3/c1-15-5-7-17(3)19(9-15)23(13-25,21-11-27-21)29-24(14-26,22-12-28-22)20-10-16(2)6-8-18(20)4/h5-10,21-22H,11-14,25-26H2,1-4H3. The molecule has 2 aliphatic heterocycles. The zero-order valence-electron chi connectivity index (χ0n) is 17.8. The van der Waals surface area contributed by atoms with Gasteiger partial charge >= 0.3 is 0 Å². The first-order chi connectivity index (χ1) is 13.9. The Bertz CT molecular complexity index is 833. The summed E-state index contributed by atoms with van der Waals surface area (Å²) in [6, 6.07) is 12.8. The van der Waals surface area contributed by atoms with E-state index in [0.29, 0.717) is 26.3 Å². The minimum Gasteiger partial charge on any atom is -0.370 e. The number of hydrogen-bond donors (Lipinski definition) is 2. The molecule has 0 radical (unpaired) electrons. The summed E-state index contributed by atoms with van der Waals surface area (Å²) >= 11 is 0. The van der Waals surface area contributed by atoms with E-state index in [0.717, 1.165) is 22.3 Å². The van der Waals surface area contributed by atoms with Crippen LogP contribution in [0.4, 0.5) is 0 Å². The van der Waals surface area contributed by atoms with Gasteiger partial charge in [-0.15, -0.1) is 0 Å². The Labute approximate surface area is 173 Å². The van der Waals surface area contributed by atoms with Crippen LogP contribution in [-0.2, 0) is 25.4 Å². The topological polar surface area (TPSA) is 86.3 Å². The normalized spacial score (nSPS) is 24.6. The molecule has 4 N–H and O–H groups in total. The minimum absolute atomic E-state index is 0.0946. The van der Waals surface area contributed by atoms with E-state index < -0.39 is 11.2 Å². The zero-order valence-corrected chi connectivity index (χ0v) is 17.8. The highest BCUT2D eigenvalue weighted by Gasteiger charge is 2.58. The van der Waals surface area contributed by atoms with Crippen LogP contribution in [-0.4, -0.2) is 38.5 Å². The molecule has 0 aliphatic carbocycles. The van der Waals surface area contributed by atoms with Gasteiger partial charge in [0.05, 0.1) is 13.2 Å². The number of rotatable bonds is 8. The first-order valence-corrected chi connectivity index (χ1v) is 10.4. The molecule has 4 rings (SSSR count). The predicted octanol–water partition coefficient (Wildman–Crippen LogP) is 2.74. The molecule has 2 aromatic carbocycles. The summed E-state index contributed by atoms with van der Waals surface area (Å²) in [5, 5.41) is 0. The molecule has 0 spiro atoms. The number of epoxide rings is 2. The largest absolute Gasteiger partial charge is 0.370 e. The van der Waals surface area contributed by atoms with Crippen LogP contribution < -0.4 is 11.5 Å². The van der Waals surface area contributed by atoms with Crippen LogP contribution in [0.3, 0.4) is 0 Å². The van der Waals surface area contributed by atoms with Crippen LogP contribution in [0, 0.1) is 27.7 Å². The van der Waals surface area contributed by atoms with Crippen molar-refractivity contribution in [2.24, 2.45) is 11.5 Å². The lowest BCUT2D eigenvalue weighted by Gasteiger charge is -2.44. The lowest BCUT2D eigenvalue weighted by atomic mass is 9.81. The fraction of sp³-hybridized carbons (Fsp3) is 0.500. The number of hydrogen-bond acceptors (Lipinski definition) is 5. The van der Waals surface area contributed by atoms with Crippen LogP contribution in [0.1, 0.15) is 33.4 Å². The van der Waals surface area contributed by atoms with Gasteiger partial charge in [-0.3, -0.25) is 0 Å². The van der Waals surface area contributed by atoms with E-state index in [1.807, 2.05) is 0 Å². The molecule has 2 fully saturated rings. The van der Waals surface area contributed by atoms with E-state index in [-0.39, 0.29) is 12.2 Å². The van der Waals surface area contributed by atoms with Gasteiger partial charge in [0.1, 0.15) is 23.4 Å². The molecule has 2 aromatic rings. The summed E-state index contributed by atoms with van der Waals surface area (Å²) < 4.78 is 18.7. The highest BCUT2D eigenvalue weighted by molar-refractivity contribution is 5.41.